The number of amides is 1. The van der Waals surface area contributed by atoms with Gasteiger partial charge >= 0.3 is 0 Å². The minimum atomic E-state index is -0.477. The largest absolute Gasteiger partial charge is 0.354 e. The number of benzene rings is 2. The van der Waals surface area contributed by atoms with Gasteiger partial charge in [-0.2, -0.15) is 0 Å². The van der Waals surface area contributed by atoms with Crippen LogP contribution in [0.2, 0.25) is 5.15 Å². The minimum absolute atomic E-state index is 0.0529. The average Bonchev–Trinajstić information content (AvgIpc) is 3.48. The lowest BCUT2D eigenvalue weighted by Crippen LogP contribution is -2.47. The topological polar surface area (TPSA) is 71.0 Å². The second kappa shape index (κ2) is 13.6. The van der Waals surface area contributed by atoms with E-state index in [0.29, 0.717) is 47.9 Å². The molecule has 6 rings (SSSR count). The molecule has 0 radical (unpaired) electrons. The number of carbonyl (C=O) groups is 1. The van der Waals surface area contributed by atoms with Crippen molar-refractivity contribution in [3.8, 4) is 0 Å². The Morgan fingerprint density at radius 2 is 1.64 bits per heavy atom. The Balaban J connectivity index is 0.981. The second-order valence-corrected chi connectivity index (χ2v) is 12.1. The number of aromatic nitrogens is 2. The van der Waals surface area contributed by atoms with Gasteiger partial charge in [0.05, 0.1) is 13.2 Å². The Bertz CT molecular complexity index is 1370. The summed E-state index contributed by atoms with van der Waals surface area (Å²) in [6, 6.07) is 20.1. The summed E-state index contributed by atoms with van der Waals surface area (Å²) in [7, 11) is 0. The monoisotopic (exact) mass is 605 g/mol. The normalized spacial score (nSPS) is 19.2. The summed E-state index contributed by atoms with van der Waals surface area (Å²) in [6.07, 6.45) is 5.84. The number of nitrogens with zero attached hydrogens (tertiary/aromatic N) is 5. The molecule has 1 spiro atoms. The van der Waals surface area contributed by atoms with Crippen molar-refractivity contribution in [2.75, 3.05) is 63.9 Å². The highest BCUT2D eigenvalue weighted by Crippen LogP contribution is 2.32. The number of hydrogen-bond donors (Lipinski definition) is 0. The average molecular weight is 606 g/mol. The number of rotatable bonds is 8. The van der Waals surface area contributed by atoms with Crippen molar-refractivity contribution in [1.82, 2.24) is 19.8 Å². The molecule has 0 atom stereocenters. The molecule has 3 aliphatic rings. The number of likely N-dealkylation sites (tertiary alicyclic amines) is 1. The lowest BCUT2D eigenvalue weighted by molar-refractivity contribution is -0.181. The van der Waals surface area contributed by atoms with Gasteiger partial charge in [-0.3, -0.25) is 9.69 Å². The fraction of sp³-hybridized carbons (Fsp3) is 0.406. The first-order valence-electron chi connectivity index (χ1n) is 14.6. The van der Waals surface area contributed by atoms with E-state index in [1.54, 1.807) is 11.8 Å². The quantitative estimate of drug-likeness (QED) is 0.196. The van der Waals surface area contributed by atoms with Crippen molar-refractivity contribution in [3.63, 3.8) is 0 Å². The molecule has 0 unspecified atom stereocenters. The van der Waals surface area contributed by atoms with Crippen molar-refractivity contribution in [1.29, 1.82) is 0 Å². The minimum Gasteiger partial charge on any atom is -0.354 e. The maximum atomic E-state index is 13.0. The highest BCUT2D eigenvalue weighted by molar-refractivity contribution is 7.98. The number of thioether (sulfide) groups is 1. The van der Waals surface area contributed by atoms with Crippen LogP contribution < -0.4 is 4.90 Å². The van der Waals surface area contributed by atoms with Crippen molar-refractivity contribution in [2.45, 2.75) is 29.5 Å². The van der Waals surface area contributed by atoms with Gasteiger partial charge in [-0.25, -0.2) is 9.97 Å². The number of carbonyl (C=O) groups excluding carboxylic acids is 1. The Morgan fingerprint density at radius 3 is 2.36 bits per heavy atom. The number of piperidine rings is 1. The SMILES string of the molecule is O=C(c1ccc(CSc2nc(Cl)cc(N3CCN(C/C=C/c4ccccc4)CC3)n2)cc1)N1CCC2(CC1)OCCO2. The molecule has 0 aliphatic carbocycles. The summed E-state index contributed by atoms with van der Waals surface area (Å²) in [6.45, 7) is 7.22. The van der Waals surface area contributed by atoms with Crippen LogP contribution in [-0.4, -0.2) is 90.5 Å². The highest BCUT2D eigenvalue weighted by Gasteiger charge is 2.40. The van der Waals surface area contributed by atoms with Gasteiger partial charge in [-0.05, 0) is 23.3 Å². The summed E-state index contributed by atoms with van der Waals surface area (Å²) >= 11 is 7.96. The number of piperazine rings is 1. The number of anilines is 1. The molecule has 3 saturated heterocycles. The van der Waals surface area contributed by atoms with Crippen LogP contribution in [-0.2, 0) is 15.2 Å². The first-order chi connectivity index (χ1) is 20.6. The third-order valence-electron chi connectivity index (χ3n) is 8.03. The Labute approximate surface area is 256 Å². The fourth-order valence-corrected chi connectivity index (χ4v) is 6.62. The van der Waals surface area contributed by atoms with Gasteiger partial charge in [-0.15, -0.1) is 0 Å². The molecule has 1 aromatic heterocycles. The molecule has 1 amide bonds. The van der Waals surface area contributed by atoms with E-state index >= 15 is 0 Å². The molecule has 3 aromatic rings. The third kappa shape index (κ3) is 7.33. The van der Waals surface area contributed by atoms with Crippen LogP contribution in [0.3, 0.4) is 0 Å². The summed E-state index contributed by atoms with van der Waals surface area (Å²) in [5.74, 6) is 1.14. The van der Waals surface area contributed by atoms with Gasteiger partial charge in [0.1, 0.15) is 11.0 Å². The van der Waals surface area contributed by atoms with Crippen LogP contribution in [0.1, 0.15) is 34.3 Å². The zero-order chi connectivity index (χ0) is 28.8. The van der Waals surface area contributed by atoms with E-state index in [4.69, 9.17) is 26.1 Å². The summed E-state index contributed by atoms with van der Waals surface area (Å²) in [5.41, 5.74) is 3.02. The van der Waals surface area contributed by atoms with Gasteiger partial charge in [-0.1, -0.05) is 78.0 Å². The molecular weight excluding hydrogens is 570 g/mol. The molecule has 3 fully saturated rings. The molecule has 42 heavy (non-hydrogen) atoms. The van der Waals surface area contributed by atoms with Crippen molar-refractivity contribution in [3.05, 3.63) is 88.6 Å². The van der Waals surface area contributed by atoms with Gasteiger partial charge in [0, 0.05) is 76.0 Å². The van der Waals surface area contributed by atoms with E-state index in [1.165, 1.54) is 5.56 Å². The maximum absolute atomic E-state index is 13.0. The Morgan fingerprint density at radius 1 is 0.929 bits per heavy atom. The maximum Gasteiger partial charge on any atom is 0.253 e. The molecule has 3 aliphatic heterocycles. The van der Waals surface area contributed by atoms with E-state index < -0.39 is 5.79 Å². The number of ether oxygens (including phenoxy) is 2. The van der Waals surface area contributed by atoms with Gasteiger partial charge in [0.15, 0.2) is 10.9 Å². The van der Waals surface area contributed by atoms with E-state index in [1.807, 2.05) is 41.3 Å². The summed E-state index contributed by atoms with van der Waals surface area (Å²) in [5, 5.41) is 1.11. The van der Waals surface area contributed by atoms with Crippen LogP contribution in [0.4, 0.5) is 5.82 Å². The lowest BCUT2D eigenvalue weighted by atomic mass is 10.0. The van der Waals surface area contributed by atoms with Crippen LogP contribution in [0.5, 0.6) is 0 Å². The van der Waals surface area contributed by atoms with Gasteiger partial charge in [0.2, 0.25) is 0 Å². The standard InChI is InChI=1S/C32H36ClN5O3S/c33-28-23-29(37-19-17-36(18-20-37)14-4-7-25-5-2-1-3-6-25)35-31(34-28)42-24-26-8-10-27(11-9-26)30(39)38-15-12-32(13-16-38)40-21-22-41-32/h1-11,23H,12-22,24H2/b7-4+. The van der Waals surface area contributed by atoms with Crippen molar-refractivity contribution < 1.29 is 14.3 Å². The molecule has 4 heterocycles. The van der Waals surface area contributed by atoms with Crippen LogP contribution in [0.15, 0.2) is 71.9 Å². The van der Waals surface area contributed by atoms with E-state index in [9.17, 15) is 4.79 Å². The van der Waals surface area contributed by atoms with E-state index in [2.05, 4.69) is 51.2 Å². The molecule has 0 N–H and O–H groups in total. The molecule has 220 valence electrons. The number of hydrogen-bond acceptors (Lipinski definition) is 8. The zero-order valence-corrected chi connectivity index (χ0v) is 25.2. The third-order valence-corrected chi connectivity index (χ3v) is 9.14. The van der Waals surface area contributed by atoms with Crippen LogP contribution >= 0.6 is 23.4 Å². The summed E-state index contributed by atoms with van der Waals surface area (Å²) in [4.78, 5) is 28.9. The van der Waals surface area contributed by atoms with Crippen LogP contribution in [0.25, 0.3) is 6.08 Å². The molecular formula is C32H36ClN5O3S. The first-order valence-corrected chi connectivity index (χ1v) is 15.9. The lowest BCUT2D eigenvalue weighted by Gasteiger charge is -2.37. The fourth-order valence-electron chi connectivity index (χ4n) is 5.58. The molecule has 0 saturated carbocycles. The predicted molar refractivity (Wildman–Crippen MR) is 167 cm³/mol. The van der Waals surface area contributed by atoms with Gasteiger partial charge < -0.3 is 19.3 Å². The van der Waals surface area contributed by atoms with Crippen molar-refractivity contribution in [2.24, 2.45) is 0 Å². The molecule has 10 heteroatoms. The van der Waals surface area contributed by atoms with E-state index in [0.717, 1.165) is 56.9 Å². The second-order valence-electron chi connectivity index (χ2n) is 10.8. The van der Waals surface area contributed by atoms with Gasteiger partial charge in [0.25, 0.3) is 5.91 Å². The predicted octanol–water partition coefficient (Wildman–Crippen LogP) is 5.24. The smallest absolute Gasteiger partial charge is 0.253 e. The van der Waals surface area contributed by atoms with Crippen LogP contribution in [0, 0.1) is 0 Å². The van der Waals surface area contributed by atoms with Crippen molar-refractivity contribution >= 4 is 41.2 Å². The van der Waals surface area contributed by atoms with E-state index in [-0.39, 0.29) is 5.91 Å². The highest BCUT2D eigenvalue weighted by atomic mass is 35.5. The molecule has 0 bridgehead atoms. The Hall–Kier alpha value is -2.95. The Kier molecular flexibility index (Phi) is 9.41. The molecule has 2 aromatic carbocycles. The number of halogens is 1. The first kappa shape index (κ1) is 29.1. The zero-order valence-electron chi connectivity index (χ0n) is 23.7. The molecule has 8 nitrogen and oxygen atoms in total. The summed E-state index contributed by atoms with van der Waals surface area (Å²) < 4.78 is 11.6.